The molecule has 1 aliphatic heterocycles. The van der Waals surface area contributed by atoms with Crippen molar-refractivity contribution < 1.29 is 17.9 Å². The summed E-state index contributed by atoms with van der Waals surface area (Å²) in [5, 5.41) is 3.02. The molecule has 1 N–H and O–H groups in total. The Kier molecular flexibility index (Phi) is 6.41. The molecule has 1 heterocycles. The molecule has 0 unspecified atom stereocenters. The van der Waals surface area contributed by atoms with Crippen LogP contribution in [-0.2, 0) is 14.8 Å². The van der Waals surface area contributed by atoms with Gasteiger partial charge in [-0.2, -0.15) is 0 Å². The second-order valence-corrected chi connectivity index (χ2v) is 10.8. The van der Waals surface area contributed by atoms with Gasteiger partial charge in [0.1, 0.15) is 5.75 Å². The summed E-state index contributed by atoms with van der Waals surface area (Å²) in [5.74, 6) is 0.0103. The zero-order valence-corrected chi connectivity index (χ0v) is 20.9. The quantitative estimate of drug-likeness (QED) is 0.574. The number of nitrogens with zero attached hydrogens (tertiary/aromatic N) is 1. The van der Waals surface area contributed by atoms with Crippen LogP contribution in [0.25, 0.3) is 0 Å². The van der Waals surface area contributed by atoms with E-state index in [4.69, 9.17) is 4.74 Å². The van der Waals surface area contributed by atoms with E-state index in [1.54, 1.807) is 42.5 Å². The summed E-state index contributed by atoms with van der Waals surface area (Å²) in [6.45, 7) is 9.83. The molecule has 178 valence electrons. The number of rotatable bonds is 5. The van der Waals surface area contributed by atoms with Crippen LogP contribution in [0.15, 0.2) is 65.6 Å². The first-order valence-corrected chi connectivity index (χ1v) is 12.7. The monoisotopic (exact) mass is 478 g/mol. The number of amides is 1. The molecule has 2 atom stereocenters. The van der Waals surface area contributed by atoms with Crippen molar-refractivity contribution in [3.63, 3.8) is 0 Å². The Morgan fingerprint density at radius 2 is 1.65 bits per heavy atom. The molecule has 0 saturated carbocycles. The second kappa shape index (κ2) is 9.14. The van der Waals surface area contributed by atoms with Gasteiger partial charge in [-0.25, -0.2) is 8.42 Å². The molecule has 4 rings (SSSR count). The molecular formula is C27H30N2O4S. The Bertz CT molecular complexity index is 1340. The first-order valence-electron chi connectivity index (χ1n) is 11.3. The van der Waals surface area contributed by atoms with Gasteiger partial charge in [-0.3, -0.25) is 9.10 Å². The summed E-state index contributed by atoms with van der Waals surface area (Å²) in [7, 11) is -3.88. The zero-order valence-electron chi connectivity index (χ0n) is 20.1. The Morgan fingerprint density at radius 1 is 0.971 bits per heavy atom. The highest BCUT2D eigenvalue weighted by Gasteiger charge is 2.38. The van der Waals surface area contributed by atoms with Gasteiger partial charge in [0.25, 0.3) is 15.9 Å². The van der Waals surface area contributed by atoms with Gasteiger partial charge in [0.2, 0.25) is 0 Å². The van der Waals surface area contributed by atoms with Crippen molar-refractivity contribution in [1.82, 2.24) is 5.32 Å². The van der Waals surface area contributed by atoms with Crippen molar-refractivity contribution in [3.8, 4) is 5.75 Å². The van der Waals surface area contributed by atoms with E-state index < -0.39 is 16.1 Å². The third-order valence-corrected chi connectivity index (χ3v) is 8.11. The van der Waals surface area contributed by atoms with Crippen molar-refractivity contribution in [2.75, 3.05) is 10.8 Å². The zero-order chi connectivity index (χ0) is 24.6. The van der Waals surface area contributed by atoms with Crippen molar-refractivity contribution >= 4 is 21.6 Å². The number of nitrogens with one attached hydrogen (secondary N) is 1. The predicted molar refractivity (Wildman–Crippen MR) is 134 cm³/mol. The smallest absolute Gasteiger partial charge is 0.264 e. The molecule has 0 fully saturated rings. The number of carbonyl (C=O) groups excluding carboxylic acids is 1. The van der Waals surface area contributed by atoms with E-state index >= 15 is 0 Å². The third kappa shape index (κ3) is 4.53. The van der Waals surface area contributed by atoms with E-state index in [9.17, 15) is 13.2 Å². The van der Waals surface area contributed by atoms with Crippen LogP contribution in [0.4, 0.5) is 5.69 Å². The second-order valence-electron chi connectivity index (χ2n) is 8.95. The first-order chi connectivity index (χ1) is 16.1. The molecule has 0 aromatic heterocycles. The van der Waals surface area contributed by atoms with Gasteiger partial charge in [-0.05, 0) is 86.7 Å². The molecule has 0 saturated heterocycles. The molecule has 3 aromatic carbocycles. The van der Waals surface area contributed by atoms with Gasteiger partial charge in [-0.1, -0.05) is 36.4 Å². The van der Waals surface area contributed by atoms with Crippen molar-refractivity contribution in [1.29, 1.82) is 0 Å². The minimum absolute atomic E-state index is 0.113. The highest BCUT2D eigenvalue weighted by molar-refractivity contribution is 7.92. The van der Waals surface area contributed by atoms with E-state index in [0.717, 1.165) is 22.3 Å². The van der Waals surface area contributed by atoms with Crippen LogP contribution >= 0.6 is 0 Å². The molecule has 0 bridgehead atoms. The summed E-state index contributed by atoms with van der Waals surface area (Å²) in [4.78, 5) is 13.4. The van der Waals surface area contributed by atoms with Gasteiger partial charge in [-0.15, -0.1) is 0 Å². The molecule has 3 aromatic rings. The molecule has 1 aliphatic rings. The summed E-state index contributed by atoms with van der Waals surface area (Å²) >= 11 is 0. The summed E-state index contributed by atoms with van der Waals surface area (Å²) in [5.41, 5.74) is 5.80. The average Bonchev–Trinajstić information content (AvgIpc) is 2.81. The van der Waals surface area contributed by atoms with Crippen LogP contribution in [0, 0.1) is 27.7 Å². The first kappa shape index (κ1) is 23.8. The number of anilines is 1. The fourth-order valence-electron chi connectivity index (χ4n) is 4.28. The predicted octanol–water partition coefficient (Wildman–Crippen LogP) is 4.75. The van der Waals surface area contributed by atoms with Crippen molar-refractivity contribution in [2.45, 2.75) is 51.7 Å². The molecule has 6 nitrogen and oxygen atoms in total. The molecule has 1 amide bonds. The number of hydrogen-bond donors (Lipinski definition) is 1. The maximum atomic E-state index is 13.5. The van der Waals surface area contributed by atoms with Crippen LogP contribution in [0.1, 0.15) is 40.8 Å². The van der Waals surface area contributed by atoms with E-state index in [1.807, 2.05) is 33.8 Å². The van der Waals surface area contributed by atoms with Gasteiger partial charge < -0.3 is 10.1 Å². The van der Waals surface area contributed by atoms with E-state index in [2.05, 4.69) is 24.4 Å². The summed E-state index contributed by atoms with van der Waals surface area (Å²) in [6.07, 6.45) is -0.983. The SMILES string of the molecule is Cc1ccc2c(c1)N(S(=O)(=O)c1ccccc1)C[C@H](C(=O)N[C@H](C)c1cc(C)c(C)cc1C)O2. The fourth-order valence-corrected chi connectivity index (χ4v) is 5.77. The lowest BCUT2D eigenvalue weighted by molar-refractivity contribution is -0.128. The highest BCUT2D eigenvalue weighted by Crippen LogP contribution is 2.38. The number of sulfonamides is 1. The standard InChI is InChI=1S/C27H30N2O4S/c1-17-11-12-25-24(13-17)29(34(31,32)22-9-7-6-8-10-22)16-26(33-25)27(30)28-21(5)23-15-19(3)18(2)14-20(23)4/h6-15,21,26H,16H2,1-5H3,(H,28,30)/t21-,26-/m1/s1. The number of carbonyl (C=O) groups is 1. The largest absolute Gasteiger partial charge is 0.476 e. The summed E-state index contributed by atoms with van der Waals surface area (Å²) in [6, 6.07) is 17.5. The molecule has 0 radical (unpaired) electrons. The Balaban J connectivity index is 1.64. The number of benzene rings is 3. The van der Waals surface area contributed by atoms with E-state index in [1.165, 1.54) is 9.87 Å². The van der Waals surface area contributed by atoms with Gasteiger partial charge >= 0.3 is 0 Å². The van der Waals surface area contributed by atoms with Crippen molar-refractivity contribution in [3.05, 3.63) is 88.5 Å². The van der Waals surface area contributed by atoms with Crippen LogP contribution in [-0.4, -0.2) is 27.0 Å². The van der Waals surface area contributed by atoms with Gasteiger partial charge in [0, 0.05) is 0 Å². The van der Waals surface area contributed by atoms with Gasteiger partial charge in [0.15, 0.2) is 6.10 Å². The molecule has 0 aliphatic carbocycles. The number of aryl methyl sites for hydroxylation is 4. The number of ether oxygens (including phenoxy) is 1. The highest BCUT2D eigenvalue weighted by atomic mass is 32.2. The van der Waals surface area contributed by atoms with Crippen molar-refractivity contribution in [2.24, 2.45) is 0 Å². The third-order valence-electron chi connectivity index (χ3n) is 6.32. The fraction of sp³-hybridized carbons (Fsp3) is 0.296. The Hall–Kier alpha value is -3.32. The van der Waals surface area contributed by atoms with Crippen LogP contribution < -0.4 is 14.4 Å². The lowest BCUT2D eigenvalue weighted by Crippen LogP contribution is -2.51. The molecule has 0 spiro atoms. The lowest BCUT2D eigenvalue weighted by Gasteiger charge is -2.35. The van der Waals surface area contributed by atoms with E-state index in [-0.39, 0.29) is 23.4 Å². The maximum absolute atomic E-state index is 13.5. The number of hydrogen-bond acceptors (Lipinski definition) is 4. The summed E-state index contributed by atoms with van der Waals surface area (Å²) < 4.78 is 34.3. The van der Waals surface area contributed by atoms with Crippen LogP contribution in [0.5, 0.6) is 5.75 Å². The Morgan fingerprint density at radius 3 is 2.35 bits per heavy atom. The minimum Gasteiger partial charge on any atom is -0.476 e. The maximum Gasteiger partial charge on any atom is 0.264 e. The normalized spacial score (nSPS) is 16.4. The van der Waals surface area contributed by atoms with Crippen LogP contribution in [0.2, 0.25) is 0 Å². The molecule has 7 heteroatoms. The van der Waals surface area contributed by atoms with Crippen LogP contribution in [0.3, 0.4) is 0 Å². The minimum atomic E-state index is -3.88. The van der Waals surface area contributed by atoms with Gasteiger partial charge in [0.05, 0.1) is 23.2 Å². The lowest BCUT2D eigenvalue weighted by atomic mass is 9.96. The van der Waals surface area contributed by atoms with E-state index in [0.29, 0.717) is 11.4 Å². The molecule has 34 heavy (non-hydrogen) atoms. The Labute approximate surface area is 201 Å². The topological polar surface area (TPSA) is 75.7 Å². The average molecular weight is 479 g/mol. The molecular weight excluding hydrogens is 448 g/mol. The number of fused-ring (bicyclic) bond motifs is 1.